The lowest BCUT2D eigenvalue weighted by Crippen LogP contribution is -2.53. The Morgan fingerprint density at radius 2 is 1.58 bits per heavy atom. The van der Waals surface area contributed by atoms with Crippen molar-refractivity contribution in [3.05, 3.63) is 48.0 Å². The highest BCUT2D eigenvalue weighted by Gasteiger charge is 2.29. The molecule has 0 spiro atoms. The summed E-state index contributed by atoms with van der Waals surface area (Å²) in [7, 11) is 0. The maximum absolute atomic E-state index is 13.0. The third-order valence-electron chi connectivity index (χ3n) is 5.30. The van der Waals surface area contributed by atoms with Crippen molar-refractivity contribution >= 4 is 34.5 Å². The molecule has 3 amide bonds. The van der Waals surface area contributed by atoms with Crippen molar-refractivity contribution < 1.29 is 29.5 Å². The van der Waals surface area contributed by atoms with Crippen LogP contribution in [-0.4, -0.2) is 46.1 Å². The number of nitrogens with one attached hydrogen (secondary N) is 3. The van der Waals surface area contributed by atoms with Crippen LogP contribution in [0.5, 0.6) is 0 Å². The molecule has 5 N–H and O–H groups in total. The van der Waals surface area contributed by atoms with Crippen molar-refractivity contribution in [3.63, 3.8) is 0 Å². The van der Waals surface area contributed by atoms with Gasteiger partial charge in [0.05, 0.1) is 0 Å². The molecule has 33 heavy (non-hydrogen) atoms. The van der Waals surface area contributed by atoms with Gasteiger partial charge in [-0.2, -0.15) is 0 Å². The fourth-order valence-corrected chi connectivity index (χ4v) is 3.60. The average Bonchev–Trinajstić information content (AvgIpc) is 2.77. The average molecular weight is 458 g/mol. The topological polar surface area (TPSA) is 145 Å². The molecule has 2 rings (SSSR count). The first-order chi connectivity index (χ1) is 15.6. The summed E-state index contributed by atoms with van der Waals surface area (Å²) >= 11 is 0. The fraction of sp³-hybridized carbons (Fsp3) is 0.417. The summed E-state index contributed by atoms with van der Waals surface area (Å²) in [6.45, 7) is 5.12. The number of benzene rings is 2. The Morgan fingerprint density at radius 3 is 2.18 bits per heavy atom. The van der Waals surface area contributed by atoms with Gasteiger partial charge >= 0.3 is 5.97 Å². The van der Waals surface area contributed by atoms with Crippen LogP contribution in [0.1, 0.15) is 39.2 Å². The molecule has 0 aliphatic heterocycles. The number of amides is 3. The molecule has 9 nitrogen and oxygen atoms in total. The Bertz CT molecular complexity index is 1010. The van der Waals surface area contributed by atoms with E-state index < -0.39 is 41.7 Å². The van der Waals surface area contributed by atoms with Gasteiger partial charge < -0.3 is 15.7 Å². The third-order valence-corrected chi connectivity index (χ3v) is 5.30. The lowest BCUT2D eigenvalue weighted by Gasteiger charge is -2.24. The first-order valence-electron chi connectivity index (χ1n) is 10.8. The standard InChI is InChI=1S/C24H31N3O6/c1-14(2)10-19(13-21(28)27-33)22(29)26-20(23(30)25-15(3)24(31)32)12-16-8-9-17-6-4-5-7-18(17)11-16/h4-9,11,14-15,19-20,33H,10,12-13H2,1-3H3,(H,25,30)(H,26,29)(H,27,28)(H,31,32)/t15-,19+,20-/m0/s1. The molecule has 3 atom stereocenters. The van der Waals surface area contributed by atoms with Crippen molar-refractivity contribution in [2.45, 2.75) is 52.1 Å². The molecule has 0 unspecified atom stereocenters. The van der Waals surface area contributed by atoms with E-state index in [0.29, 0.717) is 6.42 Å². The summed E-state index contributed by atoms with van der Waals surface area (Å²) in [5.74, 6) is -3.73. The van der Waals surface area contributed by atoms with E-state index in [1.165, 1.54) is 12.4 Å². The van der Waals surface area contributed by atoms with Gasteiger partial charge in [-0.05, 0) is 35.6 Å². The van der Waals surface area contributed by atoms with Crippen LogP contribution in [-0.2, 0) is 25.6 Å². The van der Waals surface area contributed by atoms with Crippen LogP contribution in [0.4, 0.5) is 0 Å². The van der Waals surface area contributed by atoms with Crippen molar-refractivity contribution in [3.8, 4) is 0 Å². The predicted molar refractivity (Wildman–Crippen MR) is 122 cm³/mol. The van der Waals surface area contributed by atoms with E-state index in [4.69, 9.17) is 10.3 Å². The summed E-state index contributed by atoms with van der Waals surface area (Å²) < 4.78 is 0. The molecule has 0 heterocycles. The Kier molecular flexibility index (Phi) is 9.35. The van der Waals surface area contributed by atoms with Crippen LogP contribution in [0.15, 0.2) is 42.5 Å². The fourth-order valence-electron chi connectivity index (χ4n) is 3.60. The lowest BCUT2D eigenvalue weighted by molar-refractivity contribution is -0.142. The number of aliphatic carboxylic acids is 1. The number of hydrogen-bond acceptors (Lipinski definition) is 5. The van der Waals surface area contributed by atoms with Gasteiger partial charge in [0.1, 0.15) is 12.1 Å². The molecule has 0 aromatic heterocycles. The second-order valence-corrected chi connectivity index (χ2v) is 8.58. The molecule has 2 aromatic carbocycles. The van der Waals surface area contributed by atoms with Crippen molar-refractivity contribution in [2.75, 3.05) is 0 Å². The van der Waals surface area contributed by atoms with E-state index in [0.717, 1.165) is 16.3 Å². The summed E-state index contributed by atoms with van der Waals surface area (Å²) in [5, 5.41) is 25.1. The Labute approximate surface area is 192 Å². The molecule has 0 fully saturated rings. The van der Waals surface area contributed by atoms with Crippen LogP contribution >= 0.6 is 0 Å². The number of carboxylic acid groups (broad SMARTS) is 1. The van der Waals surface area contributed by atoms with Gasteiger partial charge in [0.2, 0.25) is 17.7 Å². The second kappa shape index (κ2) is 12.0. The lowest BCUT2D eigenvalue weighted by atomic mass is 9.92. The molecule has 2 aromatic rings. The van der Waals surface area contributed by atoms with E-state index in [2.05, 4.69) is 10.6 Å². The second-order valence-electron chi connectivity index (χ2n) is 8.58. The van der Waals surface area contributed by atoms with E-state index in [1.807, 2.05) is 56.3 Å². The number of carbonyl (C=O) groups is 4. The third kappa shape index (κ3) is 7.87. The highest BCUT2D eigenvalue weighted by Crippen LogP contribution is 2.19. The molecule has 0 saturated heterocycles. The predicted octanol–water partition coefficient (Wildman–Crippen LogP) is 2.01. The highest BCUT2D eigenvalue weighted by molar-refractivity contribution is 5.92. The van der Waals surface area contributed by atoms with Gasteiger partial charge in [-0.15, -0.1) is 0 Å². The van der Waals surface area contributed by atoms with Crippen LogP contribution < -0.4 is 16.1 Å². The smallest absolute Gasteiger partial charge is 0.325 e. The maximum atomic E-state index is 13.0. The van der Waals surface area contributed by atoms with Crippen LogP contribution in [0.25, 0.3) is 10.8 Å². The first kappa shape index (κ1) is 25.8. The van der Waals surface area contributed by atoms with E-state index in [9.17, 15) is 19.2 Å². The van der Waals surface area contributed by atoms with Gasteiger partial charge in [-0.25, -0.2) is 5.48 Å². The highest BCUT2D eigenvalue weighted by atomic mass is 16.5. The number of rotatable bonds is 11. The van der Waals surface area contributed by atoms with Gasteiger partial charge in [-0.3, -0.25) is 24.4 Å². The monoisotopic (exact) mass is 457 g/mol. The van der Waals surface area contributed by atoms with Crippen LogP contribution in [0.2, 0.25) is 0 Å². The van der Waals surface area contributed by atoms with Crippen molar-refractivity contribution in [2.24, 2.45) is 11.8 Å². The summed E-state index contributed by atoms with van der Waals surface area (Å²) in [4.78, 5) is 48.8. The minimum Gasteiger partial charge on any atom is -0.480 e. The van der Waals surface area contributed by atoms with E-state index in [1.54, 1.807) is 0 Å². The van der Waals surface area contributed by atoms with E-state index >= 15 is 0 Å². The SMILES string of the molecule is CC(C)C[C@H](CC(=O)NO)C(=O)N[C@@H](Cc1ccc2ccccc2c1)C(=O)N[C@@H](C)C(=O)O. The number of fused-ring (bicyclic) bond motifs is 1. The van der Waals surface area contributed by atoms with Crippen LogP contribution in [0, 0.1) is 11.8 Å². The van der Waals surface area contributed by atoms with E-state index in [-0.39, 0.29) is 18.8 Å². The van der Waals surface area contributed by atoms with Gasteiger partial charge in [0, 0.05) is 18.8 Å². The minimum atomic E-state index is -1.20. The van der Waals surface area contributed by atoms with Gasteiger partial charge in [0.25, 0.3) is 0 Å². The molecule has 178 valence electrons. The van der Waals surface area contributed by atoms with Gasteiger partial charge in [0.15, 0.2) is 0 Å². The Morgan fingerprint density at radius 1 is 0.909 bits per heavy atom. The molecular weight excluding hydrogens is 426 g/mol. The molecule has 0 radical (unpaired) electrons. The Hall–Kier alpha value is -3.46. The van der Waals surface area contributed by atoms with Crippen molar-refractivity contribution in [1.29, 1.82) is 0 Å². The number of hydrogen-bond donors (Lipinski definition) is 5. The zero-order valence-electron chi connectivity index (χ0n) is 19.0. The largest absolute Gasteiger partial charge is 0.480 e. The number of carboxylic acids is 1. The summed E-state index contributed by atoms with van der Waals surface area (Å²) in [6, 6.07) is 11.2. The minimum absolute atomic E-state index is 0.0899. The summed E-state index contributed by atoms with van der Waals surface area (Å²) in [6.07, 6.45) is 0.265. The molecule has 0 bridgehead atoms. The first-order valence-corrected chi connectivity index (χ1v) is 10.8. The molecule has 0 saturated carbocycles. The molecule has 0 aliphatic carbocycles. The van der Waals surface area contributed by atoms with Crippen LogP contribution in [0.3, 0.4) is 0 Å². The molecular formula is C24H31N3O6. The molecule has 9 heteroatoms. The molecule has 0 aliphatic rings. The quantitative estimate of drug-likeness (QED) is 0.258. The number of hydroxylamine groups is 1. The zero-order chi connectivity index (χ0) is 24.5. The number of carbonyl (C=O) groups excluding carboxylic acids is 3. The Balaban J connectivity index is 2.27. The maximum Gasteiger partial charge on any atom is 0.325 e. The zero-order valence-corrected chi connectivity index (χ0v) is 19.0. The summed E-state index contributed by atoms with van der Waals surface area (Å²) in [5.41, 5.74) is 2.31. The van der Waals surface area contributed by atoms with Gasteiger partial charge in [-0.1, -0.05) is 56.3 Å². The van der Waals surface area contributed by atoms with Crippen molar-refractivity contribution in [1.82, 2.24) is 16.1 Å². The normalized spacial score (nSPS) is 13.7.